The maximum atomic E-state index is 13.6. The van der Waals surface area contributed by atoms with Crippen LogP contribution in [0, 0.1) is 0 Å². The molecule has 8 unspecified atom stereocenters. The monoisotopic (exact) mass is 1170 g/mol. The van der Waals surface area contributed by atoms with Crippen LogP contribution in [0.25, 0.3) is 10.4 Å². The molecule has 5 aromatic rings. The number of carbonyl (C=O) groups is 2. The summed E-state index contributed by atoms with van der Waals surface area (Å²) in [6.07, 6.45) is -19.1. The molecule has 4 saturated heterocycles. The van der Waals surface area contributed by atoms with E-state index in [0.717, 1.165) is 27.8 Å². The molecular formula is C65H79N3O17. The van der Waals surface area contributed by atoms with Crippen molar-refractivity contribution in [3.05, 3.63) is 190 Å². The number of rotatable bonds is 25. The lowest BCUT2D eigenvalue weighted by molar-refractivity contribution is -0.386. The molecule has 4 aliphatic heterocycles. The first-order chi connectivity index (χ1) is 41.3. The third kappa shape index (κ3) is 16.7. The van der Waals surface area contributed by atoms with Crippen molar-refractivity contribution in [2.45, 2.75) is 204 Å². The summed E-state index contributed by atoms with van der Waals surface area (Å²) >= 11 is 0. The van der Waals surface area contributed by atoms with E-state index in [-0.39, 0.29) is 33.0 Å². The highest BCUT2D eigenvalue weighted by molar-refractivity contribution is 5.66. The number of benzene rings is 5. The summed E-state index contributed by atoms with van der Waals surface area (Å²) in [4.78, 5) is 30.4. The van der Waals surface area contributed by atoms with Crippen molar-refractivity contribution < 1.29 is 80.6 Å². The van der Waals surface area contributed by atoms with Crippen molar-refractivity contribution in [3.63, 3.8) is 0 Å². The lowest BCUT2D eigenvalue weighted by Crippen LogP contribution is -2.68. The lowest BCUT2D eigenvalue weighted by Gasteiger charge is -2.51. The molecule has 4 fully saturated rings. The molecule has 20 atom stereocenters. The second kappa shape index (κ2) is 31.0. The fourth-order valence-corrected chi connectivity index (χ4v) is 11.4. The molecule has 0 spiro atoms. The predicted molar refractivity (Wildman–Crippen MR) is 308 cm³/mol. The van der Waals surface area contributed by atoms with Gasteiger partial charge in [-0.15, -0.1) is 0 Å². The first kappa shape index (κ1) is 63.3. The standard InChI is InChI=1S/C65H79N3O17/c1-39-51(67-68-66)56(75-37-49-30-20-12-21-31-49)60(71-8)63(78-39)84-58-53(73-35-47-26-16-10-17-27-47)42(4)80-65(62(58)82-45(7)70)85-59-54(74-36-48-28-18-11-19-29-48)41(3)79-64(61(59)81-44(6)69)83-55-43(5)77-40(2)52(72-34-46-24-14-9-15-25-46)57(55)76-38-50-32-22-13-23-33-50/h9-33,39-43,51-65H,34-38H2,1-8H3/t39?,40?,41?,42?,43-,51+,52-,53-,54-,55?,56+,57-,58-,59-,60?,61?,62?,63-,64-,65-/m0/s1. The Hall–Kier alpha value is -6.17. The number of hydrogen-bond acceptors (Lipinski definition) is 18. The Labute approximate surface area is 497 Å². The topological polar surface area (TPSA) is 221 Å². The van der Waals surface area contributed by atoms with E-state index >= 15 is 0 Å². The fourth-order valence-electron chi connectivity index (χ4n) is 11.4. The molecule has 0 amide bonds. The van der Waals surface area contributed by atoms with Gasteiger partial charge in [-0.05, 0) is 68.0 Å². The molecule has 4 heterocycles. The average Bonchev–Trinajstić information content (AvgIpc) is 2.39. The van der Waals surface area contributed by atoms with Crippen molar-refractivity contribution in [2.24, 2.45) is 5.11 Å². The van der Waals surface area contributed by atoms with Gasteiger partial charge in [-0.1, -0.05) is 157 Å². The molecule has 9 rings (SSSR count). The molecule has 0 radical (unpaired) electrons. The third-order valence-corrected chi connectivity index (χ3v) is 15.6. The van der Waals surface area contributed by atoms with E-state index < -0.39 is 135 Å². The highest BCUT2D eigenvalue weighted by Gasteiger charge is 2.58. The van der Waals surface area contributed by atoms with Gasteiger partial charge < -0.3 is 71.1 Å². The highest BCUT2D eigenvalue weighted by atomic mass is 16.8. The Kier molecular flexibility index (Phi) is 23.1. The molecule has 456 valence electrons. The van der Waals surface area contributed by atoms with E-state index in [2.05, 4.69) is 10.0 Å². The average molecular weight is 1170 g/mol. The van der Waals surface area contributed by atoms with E-state index in [9.17, 15) is 15.1 Å². The van der Waals surface area contributed by atoms with Crippen LogP contribution in [-0.4, -0.2) is 142 Å². The summed E-state index contributed by atoms with van der Waals surface area (Å²) in [7, 11) is 1.48. The van der Waals surface area contributed by atoms with Crippen LogP contribution >= 0.6 is 0 Å². The van der Waals surface area contributed by atoms with Gasteiger partial charge in [0.1, 0.15) is 54.9 Å². The van der Waals surface area contributed by atoms with Gasteiger partial charge in [-0.3, -0.25) is 9.59 Å². The van der Waals surface area contributed by atoms with Gasteiger partial charge >= 0.3 is 11.9 Å². The number of carbonyl (C=O) groups excluding carboxylic acids is 2. The SMILES string of the molecule is COC1[C@H](O[C@@H]2C(OC(C)=O)[C@H](O[C@@H]3C(OC(C)=O)[C@H](OC4[C@H](C)OC(C)[C@H](OCc5ccccc5)[C@@H]4OCc4ccccc4)OC(C)[C@@H]3OCc3ccccc3)OC(C)[C@@H]2OCc2ccccc2)OC(C)[C@@H](N=[N+]=[N-])[C@H]1OCc1ccccc1. The van der Waals surface area contributed by atoms with E-state index in [4.69, 9.17) is 71.1 Å². The normalized spacial score (nSPS) is 33.0. The van der Waals surface area contributed by atoms with Crippen LogP contribution in [0.5, 0.6) is 0 Å². The number of azide groups is 1. The summed E-state index contributed by atoms with van der Waals surface area (Å²) in [5.41, 5.74) is 14.2. The molecule has 0 N–H and O–H groups in total. The van der Waals surface area contributed by atoms with Gasteiger partial charge in [0, 0.05) is 25.9 Å². The van der Waals surface area contributed by atoms with E-state index in [1.807, 2.05) is 172 Å². The Morgan fingerprint density at radius 3 is 1.04 bits per heavy atom. The zero-order chi connectivity index (χ0) is 59.8. The lowest BCUT2D eigenvalue weighted by atomic mass is 9.94. The van der Waals surface area contributed by atoms with E-state index in [0.29, 0.717) is 0 Å². The fraction of sp³-hybridized carbons (Fsp3) is 0.508. The van der Waals surface area contributed by atoms with Gasteiger partial charge in [0.05, 0.1) is 69.6 Å². The Morgan fingerprint density at radius 2 is 0.682 bits per heavy atom. The minimum Gasteiger partial charge on any atom is -0.454 e. The first-order valence-electron chi connectivity index (χ1n) is 29.1. The molecular weight excluding hydrogens is 1090 g/mol. The summed E-state index contributed by atoms with van der Waals surface area (Å²) in [5.74, 6) is -1.39. The molecule has 20 nitrogen and oxygen atoms in total. The Balaban J connectivity index is 1.08. The van der Waals surface area contributed by atoms with Crippen LogP contribution in [0.15, 0.2) is 157 Å². The molecule has 0 aliphatic carbocycles. The summed E-state index contributed by atoms with van der Waals surface area (Å²) in [6.45, 7) is 12.5. The smallest absolute Gasteiger partial charge is 0.303 e. The van der Waals surface area contributed by atoms with Gasteiger partial charge in [0.2, 0.25) is 0 Å². The zero-order valence-corrected chi connectivity index (χ0v) is 49.3. The molecule has 0 aromatic heterocycles. The second-order valence-electron chi connectivity index (χ2n) is 21.8. The molecule has 0 bridgehead atoms. The molecule has 20 heteroatoms. The van der Waals surface area contributed by atoms with Gasteiger partial charge in [-0.2, -0.15) is 0 Å². The Bertz CT molecular complexity index is 2860. The molecule has 85 heavy (non-hydrogen) atoms. The van der Waals surface area contributed by atoms with Crippen LogP contribution in [0.3, 0.4) is 0 Å². The summed E-state index contributed by atoms with van der Waals surface area (Å²) in [6, 6.07) is 47.4. The van der Waals surface area contributed by atoms with Crippen LogP contribution in [0.2, 0.25) is 0 Å². The van der Waals surface area contributed by atoms with Gasteiger partial charge in [0.15, 0.2) is 31.1 Å². The largest absolute Gasteiger partial charge is 0.454 e. The molecule has 0 saturated carbocycles. The van der Waals surface area contributed by atoms with Crippen LogP contribution < -0.4 is 0 Å². The Morgan fingerprint density at radius 1 is 0.388 bits per heavy atom. The number of esters is 2. The quantitative estimate of drug-likeness (QED) is 0.0230. The van der Waals surface area contributed by atoms with Crippen LogP contribution in [0.4, 0.5) is 0 Å². The predicted octanol–water partition coefficient (Wildman–Crippen LogP) is 9.67. The van der Waals surface area contributed by atoms with Crippen molar-refractivity contribution >= 4 is 11.9 Å². The molecule has 5 aromatic carbocycles. The van der Waals surface area contributed by atoms with Gasteiger partial charge in [-0.25, -0.2) is 0 Å². The summed E-state index contributed by atoms with van der Waals surface area (Å²) < 4.78 is 101. The minimum absolute atomic E-state index is 0.0923. The van der Waals surface area contributed by atoms with Gasteiger partial charge in [0.25, 0.3) is 0 Å². The number of nitrogens with zero attached hydrogens (tertiary/aromatic N) is 3. The van der Waals surface area contributed by atoms with Crippen LogP contribution in [0.1, 0.15) is 76.3 Å². The summed E-state index contributed by atoms with van der Waals surface area (Å²) in [5, 5.41) is 4.11. The third-order valence-electron chi connectivity index (χ3n) is 15.6. The zero-order valence-electron chi connectivity index (χ0n) is 49.3. The highest BCUT2D eigenvalue weighted by Crippen LogP contribution is 2.40. The maximum absolute atomic E-state index is 13.6. The number of ether oxygens (including phenoxy) is 15. The second-order valence-corrected chi connectivity index (χ2v) is 21.8. The minimum atomic E-state index is -1.49. The van der Waals surface area contributed by atoms with Crippen molar-refractivity contribution in [1.29, 1.82) is 0 Å². The van der Waals surface area contributed by atoms with E-state index in [1.165, 1.54) is 21.0 Å². The van der Waals surface area contributed by atoms with Crippen LogP contribution in [-0.2, 0) is 114 Å². The molecule has 4 aliphatic rings. The number of hydrogen-bond donors (Lipinski definition) is 0. The maximum Gasteiger partial charge on any atom is 0.303 e. The number of methoxy groups -OCH3 is 1. The first-order valence-corrected chi connectivity index (χ1v) is 29.1. The van der Waals surface area contributed by atoms with Crippen molar-refractivity contribution in [2.75, 3.05) is 7.11 Å². The van der Waals surface area contributed by atoms with Crippen molar-refractivity contribution in [1.82, 2.24) is 0 Å². The van der Waals surface area contributed by atoms with E-state index in [1.54, 1.807) is 13.8 Å². The van der Waals surface area contributed by atoms with Crippen molar-refractivity contribution in [3.8, 4) is 0 Å².